The molecule has 0 aliphatic heterocycles. The van der Waals surface area contributed by atoms with E-state index in [0.717, 1.165) is 55.3 Å². The van der Waals surface area contributed by atoms with Crippen LogP contribution < -0.4 is 10.6 Å². The predicted molar refractivity (Wildman–Crippen MR) is 138 cm³/mol. The lowest BCUT2D eigenvalue weighted by Gasteiger charge is -2.14. The molecule has 0 saturated carbocycles. The highest BCUT2D eigenvalue weighted by molar-refractivity contribution is 5.89. The van der Waals surface area contributed by atoms with Crippen molar-refractivity contribution in [3.63, 3.8) is 0 Å². The minimum atomic E-state index is -0.189. The van der Waals surface area contributed by atoms with E-state index in [1.807, 2.05) is 31.2 Å². The van der Waals surface area contributed by atoms with Crippen LogP contribution >= 0.6 is 0 Å². The molecule has 4 nitrogen and oxygen atoms in total. The number of amides is 2. The summed E-state index contributed by atoms with van der Waals surface area (Å²) in [5, 5.41) is 15.4. The van der Waals surface area contributed by atoms with Crippen LogP contribution in [-0.2, 0) is 6.42 Å². The average molecular weight is 445 g/mol. The van der Waals surface area contributed by atoms with Gasteiger partial charge in [0.05, 0.1) is 0 Å². The van der Waals surface area contributed by atoms with Crippen molar-refractivity contribution in [2.75, 3.05) is 18.5 Å². The topological polar surface area (TPSA) is 61.4 Å². The molecule has 1 aliphatic carbocycles. The molecule has 174 valence electrons. The molecule has 2 aromatic rings. The van der Waals surface area contributed by atoms with Gasteiger partial charge in [0.1, 0.15) is 0 Å². The minimum Gasteiger partial charge on any atom is -0.396 e. The molecule has 1 aliphatic rings. The first-order chi connectivity index (χ1) is 16.2. The maximum absolute atomic E-state index is 11.6. The van der Waals surface area contributed by atoms with Gasteiger partial charge in [-0.25, -0.2) is 4.79 Å². The summed E-state index contributed by atoms with van der Waals surface area (Å²) in [6, 6.07) is 16.3. The van der Waals surface area contributed by atoms with Crippen LogP contribution in [0, 0.1) is 5.92 Å². The Balaban J connectivity index is 1.45. The number of hydrogen-bond donors (Lipinski definition) is 3. The first-order valence-electron chi connectivity index (χ1n) is 12.0. The largest absolute Gasteiger partial charge is 0.396 e. The highest BCUT2D eigenvalue weighted by Gasteiger charge is 2.09. The number of rotatable bonds is 11. The molecule has 0 fully saturated rings. The van der Waals surface area contributed by atoms with Crippen LogP contribution in [0.5, 0.6) is 0 Å². The molecular formula is C29H36N2O2. The molecule has 2 aromatic carbocycles. The number of carbonyl (C=O) groups excluding carboxylic acids is 1. The van der Waals surface area contributed by atoms with Crippen molar-refractivity contribution in [2.24, 2.45) is 5.92 Å². The maximum atomic E-state index is 11.6. The molecule has 2 amide bonds. The summed E-state index contributed by atoms with van der Waals surface area (Å²) in [5.74, 6) is 0.348. The molecule has 0 aromatic heterocycles. The lowest BCUT2D eigenvalue weighted by atomic mass is 9.93. The summed E-state index contributed by atoms with van der Waals surface area (Å²) >= 11 is 0. The minimum absolute atomic E-state index is 0.189. The molecule has 0 radical (unpaired) electrons. The second kappa shape index (κ2) is 13.4. The van der Waals surface area contributed by atoms with Crippen LogP contribution in [0.25, 0.3) is 11.1 Å². The lowest BCUT2D eigenvalue weighted by molar-refractivity contribution is 0.209. The van der Waals surface area contributed by atoms with E-state index < -0.39 is 0 Å². The van der Waals surface area contributed by atoms with Gasteiger partial charge >= 0.3 is 6.03 Å². The summed E-state index contributed by atoms with van der Waals surface area (Å²) in [6.45, 7) is 2.75. The van der Waals surface area contributed by atoms with Crippen LogP contribution in [0.2, 0.25) is 0 Å². The van der Waals surface area contributed by atoms with Crippen LogP contribution in [0.3, 0.4) is 0 Å². The Bertz CT molecular complexity index is 956. The van der Waals surface area contributed by atoms with Crippen molar-refractivity contribution in [3.05, 3.63) is 90.0 Å². The number of hydrogen-bond acceptors (Lipinski definition) is 2. The van der Waals surface area contributed by atoms with E-state index in [-0.39, 0.29) is 12.6 Å². The van der Waals surface area contributed by atoms with Crippen molar-refractivity contribution in [3.8, 4) is 11.1 Å². The number of carbonyl (C=O) groups is 1. The van der Waals surface area contributed by atoms with Crippen molar-refractivity contribution >= 4 is 11.7 Å². The van der Waals surface area contributed by atoms with Gasteiger partial charge in [0, 0.05) is 18.8 Å². The smallest absolute Gasteiger partial charge is 0.319 e. The third-order valence-electron chi connectivity index (χ3n) is 6.00. The second-order valence-corrected chi connectivity index (χ2v) is 8.55. The zero-order valence-corrected chi connectivity index (χ0v) is 19.6. The van der Waals surface area contributed by atoms with E-state index in [4.69, 9.17) is 0 Å². The van der Waals surface area contributed by atoms with E-state index in [2.05, 4.69) is 65.3 Å². The maximum Gasteiger partial charge on any atom is 0.319 e. The predicted octanol–water partition coefficient (Wildman–Crippen LogP) is 6.65. The number of urea groups is 1. The number of aliphatic hydroxyl groups is 1. The van der Waals surface area contributed by atoms with E-state index in [1.54, 1.807) is 0 Å². The van der Waals surface area contributed by atoms with Crippen LogP contribution in [0.15, 0.2) is 84.5 Å². The van der Waals surface area contributed by atoms with E-state index >= 15 is 0 Å². The first-order valence-corrected chi connectivity index (χ1v) is 12.0. The number of benzene rings is 2. The highest BCUT2D eigenvalue weighted by Crippen LogP contribution is 2.24. The lowest BCUT2D eigenvalue weighted by Crippen LogP contribution is -2.28. The van der Waals surface area contributed by atoms with Gasteiger partial charge in [-0.2, -0.15) is 0 Å². The monoisotopic (exact) mass is 444 g/mol. The Morgan fingerprint density at radius 2 is 1.70 bits per heavy atom. The summed E-state index contributed by atoms with van der Waals surface area (Å²) in [7, 11) is 0. The Morgan fingerprint density at radius 1 is 0.970 bits per heavy atom. The Kier molecular flexibility index (Phi) is 9.99. The second-order valence-electron chi connectivity index (χ2n) is 8.55. The molecule has 33 heavy (non-hydrogen) atoms. The Labute approximate surface area is 198 Å². The van der Waals surface area contributed by atoms with Crippen molar-refractivity contribution in [1.82, 2.24) is 5.32 Å². The van der Waals surface area contributed by atoms with E-state index in [1.165, 1.54) is 11.1 Å². The number of allylic oxidation sites excluding steroid dienone is 6. The summed E-state index contributed by atoms with van der Waals surface area (Å²) < 4.78 is 0. The van der Waals surface area contributed by atoms with Crippen LogP contribution in [0.1, 0.15) is 44.6 Å². The van der Waals surface area contributed by atoms with Crippen LogP contribution in [0.4, 0.5) is 10.5 Å². The fraction of sp³-hybridized carbons (Fsp3) is 0.345. The average Bonchev–Trinajstić information content (AvgIpc) is 3.11. The number of nitrogens with one attached hydrogen (secondary N) is 2. The van der Waals surface area contributed by atoms with E-state index in [0.29, 0.717) is 12.5 Å². The van der Waals surface area contributed by atoms with Gasteiger partial charge < -0.3 is 15.7 Å². The van der Waals surface area contributed by atoms with Gasteiger partial charge in [-0.15, -0.1) is 0 Å². The summed E-state index contributed by atoms with van der Waals surface area (Å²) in [5.41, 5.74) is 5.73. The van der Waals surface area contributed by atoms with Crippen LogP contribution in [-0.4, -0.2) is 24.3 Å². The van der Waals surface area contributed by atoms with E-state index in [9.17, 15) is 9.90 Å². The molecule has 0 bridgehead atoms. The molecule has 3 N–H and O–H groups in total. The Hall–Kier alpha value is -3.11. The zero-order chi connectivity index (χ0) is 23.3. The number of aryl methyl sites for hydroxylation is 1. The first kappa shape index (κ1) is 24.5. The summed E-state index contributed by atoms with van der Waals surface area (Å²) in [4.78, 5) is 11.6. The molecule has 1 atom stereocenters. The quantitative estimate of drug-likeness (QED) is 0.363. The van der Waals surface area contributed by atoms with Gasteiger partial charge in [0.15, 0.2) is 0 Å². The molecule has 0 heterocycles. The van der Waals surface area contributed by atoms with Gasteiger partial charge in [-0.3, -0.25) is 0 Å². The molecular weight excluding hydrogens is 408 g/mol. The van der Waals surface area contributed by atoms with Crippen molar-refractivity contribution in [1.29, 1.82) is 0 Å². The highest BCUT2D eigenvalue weighted by atomic mass is 16.3. The third kappa shape index (κ3) is 8.39. The fourth-order valence-corrected chi connectivity index (χ4v) is 4.03. The van der Waals surface area contributed by atoms with Crippen molar-refractivity contribution < 1.29 is 9.90 Å². The Morgan fingerprint density at radius 3 is 2.39 bits per heavy atom. The van der Waals surface area contributed by atoms with Gasteiger partial charge in [-0.05, 0) is 85.8 Å². The van der Waals surface area contributed by atoms with Gasteiger partial charge in [-0.1, -0.05) is 66.8 Å². The third-order valence-corrected chi connectivity index (χ3v) is 6.00. The number of aliphatic hydroxyl groups excluding tert-OH is 1. The summed E-state index contributed by atoms with van der Waals surface area (Å²) in [6.07, 6.45) is 17.2. The molecule has 4 heteroatoms. The fourth-order valence-electron chi connectivity index (χ4n) is 4.03. The molecule has 0 saturated heterocycles. The molecule has 0 spiro atoms. The van der Waals surface area contributed by atoms with Crippen molar-refractivity contribution in [2.45, 2.75) is 45.4 Å². The van der Waals surface area contributed by atoms with Gasteiger partial charge in [0.25, 0.3) is 0 Å². The van der Waals surface area contributed by atoms with Gasteiger partial charge in [0.2, 0.25) is 0 Å². The molecule has 1 unspecified atom stereocenters. The standard InChI is InChI=1S/C29H36N2O2/c1-2-30-29(33)31-28-20-18-27(19-21-28)26-16-14-24(15-17-26)12-13-25(22-32)11-7-10-23-8-5-3-4-6-9-23/h3,5-6,8-9,14-21,25,32H,2,4,7,10-13,22H2,1H3,(H2,30,31,33). The number of anilines is 1. The zero-order valence-electron chi connectivity index (χ0n) is 19.6. The SMILES string of the molecule is CCNC(=O)Nc1ccc(-c2ccc(CCC(CO)CCCC3=CC=CCC=C3)cc2)cc1. The molecule has 3 rings (SSSR count). The normalized spacial score (nSPS) is 13.8.